The lowest BCUT2D eigenvalue weighted by molar-refractivity contribution is -0.923. The van der Waals surface area contributed by atoms with Gasteiger partial charge >= 0.3 is 0 Å². The van der Waals surface area contributed by atoms with Gasteiger partial charge in [-0.2, -0.15) is 0 Å². The van der Waals surface area contributed by atoms with Gasteiger partial charge in [0, 0.05) is 0 Å². The van der Waals surface area contributed by atoms with E-state index in [-0.39, 0.29) is 13.2 Å². The van der Waals surface area contributed by atoms with Gasteiger partial charge in [-0.05, 0) is 45.4 Å². The Morgan fingerprint density at radius 2 is 1.68 bits per heavy atom. The second kappa shape index (κ2) is 8.16. The molecule has 2 nitrogen and oxygen atoms in total. The van der Waals surface area contributed by atoms with Crippen molar-refractivity contribution in [3.63, 3.8) is 0 Å². The summed E-state index contributed by atoms with van der Waals surface area (Å²) in [5, 5.41) is 0. The summed E-state index contributed by atoms with van der Waals surface area (Å²) in [5.41, 5.74) is 0.917. The molecule has 1 aromatic carbocycles. The topological polar surface area (TPSA) is 9.23 Å². The third-order valence-electron chi connectivity index (χ3n) is 3.92. The summed E-state index contributed by atoms with van der Waals surface area (Å²) < 4.78 is 20.2. The van der Waals surface area contributed by atoms with E-state index in [0.29, 0.717) is 12.4 Å². The van der Waals surface area contributed by atoms with Crippen molar-refractivity contribution in [3.8, 4) is 5.75 Å². The second-order valence-corrected chi connectivity index (χ2v) is 4.80. The van der Waals surface area contributed by atoms with Crippen molar-refractivity contribution in [1.29, 1.82) is 0 Å². The van der Waals surface area contributed by atoms with Crippen molar-refractivity contribution in [2.24, 2.45) is 0 Å². The fourth-order valence-corrected chi connectivity index (χ4v) is 2.22. The molecule has 0 fully saturated rings. The van der Waals surface area contributed by atoms with Crippen LogP contribution in [-0.4, -0.2) is 37.3 Å². The van der Waals surface area contributed by atoms with Gasteiger partial charge in [-0.15, -0.1) is 0 Å². The van der Waals surface area contributed by atoms with Crippen LogP contribution in [0.2, 0.25) is 0 Å². The van der Waals surface area contributed by atoms with Crippen LogP contribution >= 0.6 is 0 Å². The Bertz CT molecular complexity index is 367. The predicted octanol–water partition coefficient (Wildman–Crippen LogP) is 4.03. The van der Waals surface area contributed by atoms with Crippen LogP contribution in [0.3, 0.4) is 0 Å². The zero-order chi connectivity index (χ0) is 13.6. The molecular formula is C16H29FNO+. The number of halogens is 1. The SMILES string of the molecule is C.CC[N+](CC)(CC)CCOc1ccc(C)cc1F. The van der Waals surface area contributed by atoms with E-state index in [1.165, 1.54) is 6.07 Å². The Morgan fingerprint density at radius 1 is 1.11 bits per heavy atom. The van der Waals surface area contributed by atoms with E-state index in [0.717, 1.165) is 36.2 Å². The summed E-state index contributed by atoms with van der Waals surface area (Å²) in [7, 11) is 0. The number of rotatable bonds is 7. The summed E-state index contributed by atoms with van der Waals surface area (Å²) in [6, 6.07) is 5.10. The first-order chi connectivity index (χ1) is 8.56. The fraction of sp³-hybridized carbons (Fsp3) is 0.625. The molecule has 0 spiro atoms. The number of benzene rings is 1. The molecule has 0 atom stereocenters. The monoisotopic (exact) mass is 270 g/mol. The van der Waals surface area contributed by atoms with Crippen LogP contribution in [0, 0.1) is 12.7 Å². The molecule has 0 saturated carbocycles. The minimum absolute atomic E-state index is 0. The zero-order valence-electron chi connectivity index (χ0n) is 12.0. The maximum atomic E-state index is 13.6. The van der Waals surface area contributed by atoms with Crippen LogP contribution < -0.4 is 4.74 Å². The molecule has 0 amide bonds. The van der Waals surface area contributed by atoms with Gasteiger partial charge in [-0.1, -0.05) is 13.5 Å². The van der Waals surface area contributed by atoms with Crippen LogP contribution in [0.4, 0.5) is 4.39 Å². The van der Waals surface area contributed by atoms with Crippen molar-refractivity contribution in [1.82, 2.24) is 0 Å². The van der Waals surface area contributed by atoms with Gasteiger partial charge in [0.1, 0.15) is 13.2 Å². The molecule has 0 heterocycles. The molecule has 110 valence electrons. The number of aryl methyl sites for hydroxylation is 1. The molecule has 0 aliphatic rings. The smallest absolute Gasteiger partial charge is 0.165 e. The normalized spacial score (nSPS) is 11.0. The highest BCUT2D eigenvalue weighted by Crippen LogP contribution is 2.18. The van der Waals surface area contributed by atoms with Crippen LogP contribution in [0.5, 0.6) is 5.75 Å². The van der Waals surface area contributed by atoms with Gasteiger partial charge in [0.15, 0.2) is 11.6 Å². The molecule has 0 aliphatic heterocycles. The van der Waals surface area contributed by atoms with Crippen molar-refractivity contribution < 1.29 is 13.6 Å². The lowest BCUT2D eigenvalue weighted by atomic mass is 10.2. The molecule has 0 aromatic heterocycles. The highest BCUT2D eigenvalue weighted by Gasteiger charge is 2.20. The molecule has 3 heteroatoms. The highest BCUT2D eigenvalue weighted by atomic mass is 19.1. The highest BCUT2D eigenvalue weighted by molar-refractivity contribution is 5.28. The quantitative estimate of drug-likeness (QED) is 0.680. The Kier molecular flexibility index (Phi) is 7.69. The summed E-state index contributed by atoms with van der Waals surface area (Å²) in [5.74, 6) is 0.0969. The van der Waals surface area contributed by atoms with Crippen molar-refractivity contribution in [2.75, 3.05) is 32.8 Å². The summed E-state index contributed by atoms with van der Waals surface area (Å²) in [6.45, 7) is 13.2. The van der Waals surface area contributed by atoms with Crippen LogP contribution in [0.1, 0.15) is 33.8 Å². The molecule has 0 unspecified atom stereocenters. The Morgan fingerprint density at radius 3 is 2.16 bits per heavy atom. The Hall–Kier alpha value is -1.09. The van der Waals surface area contributed by atoms with Crippen molar-refractivity contribution in [2.45, 2.75) is 35.1 Å². The van der Waals surface area contributed by atoms with Gasteiger partial charge < -0.3 is 9.22 Å². The Labute approximate surface area is 117 Å². The lowest BCUT2D eigenvalue weighted by Crippen LogP contribution is -2.49. The maximum Gasteiger partial charge on any atom is 0.165 e. The molecule has 0 aliphatic carbocycles. The van der Waals surface area contributed by atoms with E-state index >= 15 is 0 Å². The molecule has 0 N–H and O–H groups in total. The number of hydrogen-bond donors (Lipinski definition) is 0. The first-order valence-electron chi connectivity index (χ1n) is 6.81. The van der Waals surface area contributed by atoms with Gasteiger partial charge in [0.2, 0.25) is 0 Å². The van der Waals surface area contributed by atoms with Crippen molar-refractivity contribution in [3.05, 3.63) is 29.6 Å². The minimum atomic E-state index is -0.266. The molecule has 19 heavy (non-hydrogen) atoms. The third kappa shape index (κ3) is 4.83. The largest absolute Gasteiger partial charge is 0.485 e. The minimum Gasteiger partial charge on any atom is -0.485 e. The van der Waals surface area contributed by atoms with Gasteiger partial charge in [0.05, 0.1) is 19.6 Å². The van der Waals surface area contributed by atoms with Gasteiger partial charge in [-0.25, -0.2) is 4.39 Å². The molecule has 0 bridgehead atoms. The molecular weight excluding hydrogens is 241 g/mol. The predicted molar refractivity (Wildman–Crippen MR) is 80.1 cm³/mol. The van der Waals surface area contributed by atoms with Crippen LogP contribution in [0.15, 0.2) is 18.2 Å². The van der Waals surface area contributed by atoms with Crippen LogP contribution in [-0.2, 0) is 0 Å². The van der Waals surface area contributed by atoms with Gasteiger partial charge in [-0.3, -0.25) is 0 Å². The summed E-state index contributed by atoms with van der Waals surface area (Å²) >= 11 is 0. The van der Waals surface area contributed by atoms with Crippen LogP contribution in [0.25, 0.3) is 0 Å². The average molecular weight is 270 g/mol. The second-order valence-electron chi connectivity index (χ2n) is 4.80. The number of nitrogens with zero attached hydrogens (tertiary/aromatic N) is 1. The molecule has 0 saturated heterocycles. The zero-order valence-corrected chi connectivity index (χ0v) is 12.0. The first kappa shape index (κ1) is 17.9. The first-order valence-corrected chi connectivity index (χ1v) is 6.81. The maximum absolute atomic E-state index is 13.6. The molecule has 1 aromatic rings. The fourth-order valence-electron chi connectivity index (χ4n) is 2.22. The van der Waals surface area contributed by atoms with E-state index in [1.54, 1.807) is 6.07 Å². The number of hydrogen-bond acceptors (Lipinski definition) is 1. The molecule has 0 radical (unpaired) electrons. The Balaban J connectivity index is 0.00000324. The van der Waals surface area contributed by atoms with E-state index in [1.807, 2.05) is 13.0 Å². The molecule has 1 rings (SSSR count). The van der Waals surface area contributed by atoms with E-state index in [4.69, 9.17) is 4.74 Å². The standard InChI is InChI=1S/C15H25FNO.CH4/c1-5-17(6-2,7-3)10-11-18-15-9-8-13(4)12-14(15)16;/h8-9,12H,5-7,10-11H2,1-4H3;1H4/q+1;. The average Bonchev–Trinajstić information content (AvgIpc) is 2.38. The van der Waals surface area contributed by atoms with E-state index < -0.39 is 0 Å². The van der Waals surface area contributed by atoms with E-state index in [2.05, 4.69) is 20.8 Å². The summed E-state index contributed by atoms with van der Waals surface area (Å²) in [6.07, 6.45) is 0. The summed E-state index contributed by atoms with van der Waals surface area (Å²) in [4.78, 5) is 0. The van der Waals surface area contributed by atoms with E-state index in [9.17, 15) is 4.39 Å². The lowest BCUT2D eigenvalue weighted by Gasteiger charge is -2.35. The third-order valence-corrected chi connectivity index (χ3v) is 3.92. The number of ether oxygens (including phenoxy) is 1. The number of quaternary nitrogens is 1. The van der Waals surface area contributed by atoms with Crippen molar-refractivity contribution >= 4 is 0 Å². The van der Waals surface area contributed by atoms with Gasteiger partial charge in [0.25, 0.3) is 0 Å². The number of likely N-dealkylation sites (N-methyl/N-ethyl adjacent to an activating group) is 1.